The van der Waals surface area contributed by atoms with Gasteiger partial charge in [0.05, 0.1) is 0 Å². The smallest absolute Gasteiger partial charge is 0.192 e. The van der Waals surface area contributed by atoms with E-state index in [-0.39, 0.29) is 5.78 Å². The van der Waals surface area contributed by atoms with Crippen LogP contribution in [0.4, 0.5) is 0 Å². The zero-order valence-electron chi connectivity index (χ0n) is 6.64. The third kappa shape index (κ3) is 3.92. The fourth-order valence-electron chi connectivity index (χ4n) is 0.881. The van der Waals surface area contributed by atoms with E-state index in [0.29, 0.717) is 6.42 Å². The van der Waals surface area contributed by atoms with Gasteiger partial charge in [0.25, 0.3) is 0 Å². The zero-order valence-corrected chi connectivity index (χ0v) is 11.4. The van der Waals surface area contributed by atoms with Crippen LogP contribution in [0.15, 0.2) is 30.3 Å². The van der Waals surface area contributed by atoms with Gasteiger partial charge in [-0.3, -0.25) is 4.79 Å². The van der Waals surface area contributed by atoms with Gasteiger partial charge in [-0.05, 0) is 5.56 Å². The normalized spacial score (nSPS) is 11.3. The molecule has 0 spiro atoms. The van der Waals surface area contributed by atoms with Gasteiger partial charge in [0.1, 0.15) is 0 Å². The molecule has 1 aromatic carbocycles. The number of carbonyl (C=O) groups excluding carboxylic acids is 1. The number of hydrogen-bond donors (Lipinski definition) is 0. The standard InChI is InChI=1S/C9H7Br3O/c10-9(11,12)8(13)6-7-4-2-1-3-5-7/h1-5H,6H2. The highest BCUT2D eigenvalue weighted by Crippen LogP contribution is 2.35. The van der Waals surface area contributed by atoms with Crippen molar-refractivity contribution in [1.82, 2.24) is 0 Å². The summed E-state index contributed by atoms with van der Waals surface area (Å²) in [5, 5.41) is 0. The Kier molecular flexibility index (Phi) is 4.13. The van der Waals surface area contributed by atoms with Gasteiger partial charge in [-0.2, -0.15) is 0 Å². The van der Waals surface area contributed by atoms with E-state index in [0.717, 1.165) is 5.56 Å². The highest BCUT2D eigenvalue weighted by atomic mass is 80.0. The van der Waals surface area contributed by atoms with Crippen LogP contribution >= 0.6 is 47.8 Å². The number of Topliss-reactive ketones (excluding diaryl/α,β-unsaturated/α-hetero) is 1. The second-order valence-corrected chi connectivity index (χ2v) is 9.34. The number of hydrogen-bond acceptors (Lipinski definition) is 1. The quantitative estimate of drug-likeness (QED) is 0.726. The second-order valence-electron chi connectivity index (χ2n) is 2.58. The lowest BCUT2D eigenvalue weighted by atomic mass is 10.1. The van der Waals surface area contributed by atoms with Crippen LogP contribution in [0.2, 0.25) is 0 Å². The monoisotopic (exact) mass is 368 g/mol. The van der Waals surface area contributed by atoms with Crippen molar-refractivity contribution in [1.29, 1.82) is 0 Å². The van der Waals surface area contributed by atoms with Gasteiger partial charge >= 0.3 is 0 Å². The molecule has 0 N–H and O–H groups in total. The molecule has 0 saturated carbocycles. The fourth-order valence-corrected chi connectivity index (χ4v) is 1.30. The first-order valence-corrected chi connectivity index (χ1v) is 6.02. The summed E-state index contributed by atoms with van der Waals surface area (Å²) < 4.78 is -0.789. The minimum atomic E-state index is -0.789. The van der Waals surface area contributed by atoms with Crippen molar-refractivity contribution in [2.75, 3.05) is 0 Å². The molecule has 0 fully saturated rings. The Morgan fingerprint density at radius 2 is 1.69 bits per heavy atom. The molecule has 0 aliphatic heterocycles. The van der Waals surface area contributed by atoms with Crippen LogP contribution in [-0.2, 0) is 11.2 Å². The van der Waals surface area contributed by atoms with Crippen molar-refractivity contribution in [2.24, 2.45) is 0 Å². The lowest BCUT2D eigenvalue weighted by molar-refractivity contribution is -0.116. The molecule has 0 aliphatic carbocycles. The Hall–Kier alpha value is 0.330. The Bertz CT molecular complexity index is 289. The van der Waals surface area contributed by atoms with Gasteiger partial charge in [-0.25, -0.2) is 0 Å². The lowest BCUT2D eigenvalue weighted by Crippen LogP contribution is -2.19. The Balaban J connectivity index is 2.66. The predicted octanol–water partition coefficient (Wildman–Crippen LogP) is 3.64. The SMILES string of the molecule is O=C(Cc1ccccc1)C(Br)(Br)Br. The van der Waals surface area contributed by atoms with Gasteiger partial charge in [0, 0.05) is 6.42 Å². The van der Waals surface area contributed by atoms with Crippen molar-refractivity contribution in [3.8, 4) is 0 Å². The van der Waals surface area contributed by atoms with Crippen molar-refractivity contribution in [2.45, 2.75) is 8.56 Å². The molecule has 0 aliphatic rings. The molecule has 0 aromatic heterocycles. The summed E-state index contributed by atoms with van der Waals surface area (Å²) in [6.07, 6.45) is 0.405. The first-order chi connectivity index (χ1) is 6.00. The molecule has 1 rings (SSSR count). The summed E-state index contributed by atoms with van der Waals surface area (Å²) in [4.78, 5) is 11.5. The maximum Gasteiger partial charge on any atom is 0.192 e. The Morgan fingerprint density at radius 3 is 2.15 bits per heavy atom. The Morgan fingerprint density at radius 1 is 1.15 bits per heavy atom. The molecule has 4 heteroatoms. The molecule has 70 valence electrons. The molecular formula is C9H7Br3O. The molecule has 0 saturated heterocycles. The summed E-state index contributed by atoms with van der Waals surface area (Å²) in [6.45, 7) is 0. The number of carbonyl (C=O) groups is 1. The lowest BCUT2D eigenvalue weighted by Gasteiger charge is -2.09. The molecule has 0 heterocycles. The van der Waals surface area contributed by atoms with Gasteiger partial charge in [-0.1, -0.05) is 78.1 Å². The predicted molar refractivity (Wildman–Crippen MR) is 64.7 cm³/mol. The largest absolute Gasteiger partial charge is 0.296 e. The number of benzene rings is 1. The van der Waals surface area contributed by atoms with Crippen LogP contribution in [0.3, 0.4) is 0 Å². The van der Waals surface area contributed by atoms with Crippen molar-refractivity contribution < 1.29 is 4.79 Å². The first kappa shape index (κ1) is 11.4. The minimum absolute atomic E-state index is 0.0405. The van der Waals surface area contributed by atoms with Crippen LogP contribution in [0.1, 0.15) is 5.56 Å². The van der Waals surface area contributed by atoms with Crippen LogP contribution in [0.25, 0.3) is 0 Å². The topological polar surface area (TPSA) is 17.1 Å². The average Bonchev–Trinajstić information content (AvgIpc) is 2.04. The highest BCUT2D eigenvalue weighted by molar-refractivity contribution is 9.40. The summed E-state index contributed by atoms with van der Waals surface area (Å²) >= 11 is 9.56. The third-order valence-electron chi connectivity index (χ3n) is 1.52. The van der Waals surface area contributed by atoms with Crippen molar-refractivity contribution in [3.05, 3.63) is 35.9 Å². The van der Waals surface area contributed by atoms with Gasteiger partial charge in [0.2, 0.25) is 0 Å². The van der Waals surface area contributed by atoms with E-state index in [4.69, 9.17) is 0 Å². The maximum absolute atomic E-state index is 11.5. The molecule has 0 radical (unpaired) electrons. The van der Waals surface area contributed by atoms with Crippen molar-refractivity contribution >= 4 is 53.6 Å². The summed E-state index contributed by atoms with van der Waals surface area (Å²) in [5.41, 5.74) is 1.01. The summed E-state index contributed by atoms with van der Waals surface area (Å²) in [5.74, 6) is 0.0405. The summed E-state index contributed by atoms with van der Waals surface area (Å²) in [6, 6.07) is 9.62. The molecule has 0 atom stereocenters. The van der Waals surface area contributed by atoms with Gasteiger partial charge < -0.3 is 0 Å². The van der Waals surface area contributed by atoms with Gasteiger partial charge in [-0.15, -0.1) is 0 Å². The van der Waals surface area contributed by atoms with Gasteiger partial charge in [0.15, 0.2) is 7.93 Å². The van der Waals surface area contributed by atoms with Crippen LogP contribution in [-0.4, -0.2) is 7.93 Å². The Labute approximate surface area is 102 Å². The molecule has 1 aromatic rings. The molecule has 0 amide bonds. The van der Waals surface area contributed by atoms with E-state index in [1.165, 1.54) is 0 Å². The average molecular weight is 371 g/mol. The second kappa shape index (κ2) is 4.71. The van der Waals surface area contributed by atoms with E-state index in [2.05, 4.69) is 47.8 Å². The number of halogens is 3. The third-order valence-corrected chi connectivity index (χ3v) is 2.85. The zero-order chi connectivity index (χ0) is 9.90. The van der Waals surface area contributed by atoms with E-state index >= 15 is 0 Å². The fraction of sp³-hybridized carbons (Fsp3) is 0.222. The molecule has 0 bridgehead atoms. The molecule has 1 nitrogen and oxygen atoms in total. The first-order valence-electron chi connectivity index (χ1n) is 3.64. The van der Waals surface area contributed by atoms with Crippen LogP contribution in [0.5, 0.6) is 0 Å². The summed E-state index contributed by atoms with van der Waals surface area (Å²) in [7, 11) is 0. The van der Waals surface area contributed by atoms with E-state index in [1.54, 1.807) is 0 Å². The molecule has 0 unspecified atom stereocenters. The number of ketones is 1. The van der Waals surface area contributed by atoms with Crippen molar-refractivity contribution in [3.63, 3.8) is 0 Å². The van der Waals surface area contributed by atoms with E-state index in [9.17, 15) is 4.79 Å². The van der Waals surface area contributed by atoms with Crippen LogP contribution < -0.4 is 0 Å². The minimum Gasteiger partial charge on any atom is -0.296 e. The maximum atomic E-state index is 11.5. The molecular weight excluding hydrogens is 364 g/mol. The highest BCUT2D eigenvalue weighted by Gasteiger charge is 2.27. The van der Waals surface area contributed by atoms with Crippen LogP contribution in [0, 0.1) is 0 Å². The number of alkyl halides is 3. The van der Waals surface area contributed by atoms with E-state index in [1.807, 2.05) is 30.3 Å². The van der Waals surface area contributed by atoms with E-state index < -0.39 is 2.14 Å². The molecule has 13 heavy (non-hydrogen) atoms. The number of rotatable bonds is 2.